The largest absolute Gasteiger partial charge is 0.294 e. The lowest BCUT2D eigenvalue weighted by atomic mass is 9.97. The first-order valence-corrected chi connectivity index (χ1v) is 4.71. The minimum Gasteiger partial charge on any atom is -0.294 e. The highest BCUT2D eigenvalue weighted by Gasteiger charge is 2.12. The molecule has 1 aromatic carbocycles. The Bertz CT molecular complexity index is 378. The zero-order valence-electron chi connectivity index (χ0n) is 8.76. The van der Waals surface area contributed by atoms with Gasteiger partial charge in [-0.1, -0.05) is 24.6 Å². The third-order valence-corrected chi connectivity index (χ3v) is 2.18. The Labute approximate surface area is 83.9 Å². The van der Waals surface area contributed by atoms with E-state index in [-0.39, 0.29) is 11.6 Å². The molecule has 2 heteroatoms. The molecule has 0 aromatic heterocycles. The van der Waals surface area contributed by atoms with Crippen LogP contribution in [-0.2, 0) is 0 Å². The molecule has 0 bridgehead atoms. The van der Waals surface area contributed by atoms with E-state index in [0.29, 0.717) is 17.5 Å². The van der Waals surface area contributed by atoms with Gasteiger partial charge < -0.3 is 0 Å². The number of hydrogen-bond donors (Lipinski definition) is 0. The number of carbonyl (C=O) groups is 2. The molecular formula is C12H14O2. The molecular weight excluding hydrogens is 176 g/mol. The standard InChI is InChI=1S/C12H14O2/c1-4-12(14)11-7-8(2)5-6-10(11)9(3)13/h5-7H,4H2,1-3H3. The molecule has 2 nitrogen and oxygen atoms in total. The lowest BCUT2D eigenvalue weighted by Crippen LogP contribution is -2.06. The summed E-state index contributed by atoms with van der Waals surface area (Å²) >= 11 is 0. The maximum atomic E-state index is 11.5. The maximum Gasteiger partial charge on any atom is 0.163 e. The fourth-order valence-corrected chi connectivity index (χ4v) is 1.39. The molecule has 0 saturated carbocycles. The smallest absolute Gasteiger partial charge is 0.163 e. The van der Waals surface area contributed by atoms with Crippen molar-refractivity contribution in [1.82, 2.24) is 0 Å². The summed E-state index contributed by atoms with van der Waals surface area (Å²) in [5.74, 6) is -0.0271. The van der Waals surface area contributed by atoms with Crippen molar-refractivity contribution in [2.45, 2.75) is 27.2 Å². The van der Waals surface area contributed by atoms with Crippen LogP contribution < -0.4 is 0 Å². The lowest BCUT2D eigenvalue weighted by Gasteiger charge is -2.05. The highest BCUT2D eigenvalue weighted by molar-refractivity contribution is 6.08. The average Bonchev–Trinajstić information content (AvgIpc) is 2.16. The summed E-state index contributed by atoms with van der Waals surface area (Å²) in [7, 11) is 0. The van der Waals surface area contributed by atoms with Crippen LogP contribution in [0.25, 0.3) is 0 Å². The minimum atomic E-state index is -0.0539. The molecule has 0 fully saturated rings. The number of hydrogen-bond acceptors (Lipinski definition) is 2. The van der Waals surface area contributed by atoms with E-state index in [4.69, 9.17) is 0 Å². The van der Waals surface area contributed by atoms with E-state index >= 15 is 0 Å². The Morgan fingerprint density at radius 2 is 1.86 bits per heavy atom. The number of Topliss-reactive ketones (excluding diaryl/α,β-unsaturated/α-hetero) is 2. The van der Waals surface area contributed by atoms with Crippen molar-refractivity contribution in [3.63, 3.8) is 0 Å². The van der Waals surface area contributed by atoms with Gasteiger partial charge in [-0.25, -0.2) is 0 Å². The molecule has 0 atom stereocenters. The van der Waals surface area contributed by atoms with Crippen molar-refractivity contribution in [3.8, 4) is 0 Å². The zero-order chi connectivity index (χ0) is 10.7. The van der Waals surface area contributed by atoms with Gasteiger partial charge in [-0.2, -0.15) is 0 Å². The van der Waals surface area contributed by atoms with Gasteiger partial charge in [-0.15, -0.1) is 0 Å². The van der Waals surface area contributed by atoms with Gasteiger partial charge in [0.25, 0.3) is 0 Å². The summed E-state index contributed by atoms with van der Waals surface area (Å²) in [5.41, 5.74) is 2.09. The topological polar surface area (TPSA) is 34.1 Å². The van der Waals surface area contributed by atoms with Crippen LogP contribution in [0.1, 0.15) is 46.5 Å². The molecule has 74 valence electrons. The van der Waals surface area contributed by atoms with Crippen LogP contribution in [0.15, 0.2) is 18.2 Å². The predicted molar refractivity (Wildman–Crippen MR) is 55.8 cm³/mol. The van der Waals surface area contributed by atoms with E-state index in [1.807, 2.05) is 13.0 Å². The number of ketones is 2. The number of benzene rings is 1. The SMILES string of the molecule is CCC(=O)c1cc(C)ccc1C(C)=O. The summed E-state index contributed by atoms with van der Waals surface area (Å²) in [6.07, 6.45) is 0.434. The summed E-state index contributed by atoms with van der Waals surface area (Å²) < 4.78 is 0. The van der Waals surface area contributed by atoms with Crippen LogP contribution in [0.4, 0.5) is 0 Å². The Balaban J connectivity index is 3.29. The van der Waals surface area contributed by atoms with E-state index < -0.39 is 0 Å². The molecule has 0 aliphatic carbocycles. The fourth-order valence-electron chi connectivity index (χ4n) is 1.39. The third-order valence-electron chi connectivity index (χ3n) is 2.18. The van der Waals surface area contributed by atoms with Crippen molar-refractivity contribution >= 4 is 11.6 Å². The fraction of sp³-hybridized carbons (Fsp3) is 0.333. The normalized spacial score (nSPS) is 9.93. The quantitative estimate of drug-likeness (QED) is 0.687. The molecule has 0 saturated heterocycles. The summed E-state index contributed by atoms with van der Waals surface area (Å²) in [4.78, 5) is 22.8. The molecule has 0 aliphatic heterocycles. The Hall–Kier alpha value is -1.44. The van der Waals surface area contributed by atoms with Crippen LogP contribution >= 0.6 is 0 Å². The monoisotopic (exact) mass is 190 g/mol. The molecule has 0 aliphatic rings. The molecule has 0 unspecified atom stereocenters. The van der Waals surface area contributed by atoms with Crippen LogP contribution in [-0.4, -0.2) is 11.6 Å². The number of aryl methyl sites for hydroxylation is 1. The molecule has 1 rings (SSSR count). The van der Waals surface area contributed by atoms with E-state index in [9.17, 15) is 9.59 Å². The van der Waals surface area contributed by atoms with Crippen molar-refractivity contribution in [2.75, 3.05) is 0 Å². The number of rotatable bonds is 3. The van der Waals surface area contributed by atoms with Gasteiger partial charge in [0.15, 0.2) is 11.6 Å². The van der Waals surface area contributed by atoms with Gasteiger partial charge >= 0.3 is 0 Å². The van der Waals surface area contributed by atoms with E-state index in [0.717, 1.165) is 5.56 Å². The van der Waals surface area contributed by atoms with Gasteiger partial charge in [0.1, 0.15) is 0 Å². The van der Waals surface area contributed by atoms with Crippen LogP contribution in [0.3, 0.4) is 0 Å². The summed E-state index contributed by atoms with van der Waals surface area (Å²) in [5, 5.41) is 0. The zero-order valence-corrected chi connectivity index (χ0v) is 8.76. The van der Waals surface area contributed by atoms with Gasteiger partial charge in [0.05, 0.1) is 0 Å². The Kier molecular flexibility index (Phi) is 3.18. The molecule has 0 spiro atoms. The Morgan fingerprint density at radius 3 is 2.36 bits per heavy atom. The third kappa shape index (κ3) is 2.08. The van der Waals surface area contributed by atoms with Gasteiger partial charge in [0, 0.05) is 17.5 Å². The first-order valence-electron chi connectivity index (χ1n) is 4.71. The summed E-state index contributed by atoms with van der Waals surface area (Å²) in [6, 6.07) is 5.35. The van der Waals surface area contributed by atoms with E-state index in [1.54, 1.807) is 19.1 Å². The van der Waals surface area contributed by atoms with Gasteiger partial charge in [-0.05, 0) is 19.9 Å². The summed E-state index contributed by atoms with van der Waals surface area (Å²) in [6.45, 7) is 5.20. The van der Waals surface area contributed by atoms with Crippen LogP contribution in [0.2, 0.25) is 0 Å². The van der Waals surface area contributed by atoms with Crippen LogP contribution in [0, 0.1) is 6.92 Å². The van der Waals surface area contributed by atoms with Gasteiger partial charge in [-0.3, -0.25) is 9.59 Å². The first kappa shape index (κ1) is 10.6. The lowest BCUT2D eigenvalue weighted by molar-refractivity contribution is 0.0965. The van der Waals surface area contributed by atoms with E-state index in [1.165, 1.54) is 6.92 Å². The molecule has 0 heterocycles. The highest BCUT2D eigenvalue weighted by atomic mass is 16.1. The van der Waals surface area contributed by atoms with Crippen molar-refractivity contribution in [2.24, 2.45) is 0 Å². The number of carbonyl (C=O) groups excluding carboxylic acids is 2. The molecule has 0 radical (unpaired) electrons. The Morgan fingerprint density at radius 1 is 1.21 bits per heavy atom. The minimum absolute atomic E-state index is 0.0268. The molecule has 14 heavy (non-hydrogen) atoms. The molecule has 0 amide bonds. The van der Waals surface area contributed by atoms with Crippen molar-refractivity contribution in [1.29, 1.82) is 0 Å². The first-order chi connectivity index (χ1) is 6.56. The predicted octanol–water partition coefficient (Wildman–Crippen LogP) is 2.79. The second-order valence-corrected chi connectivity index (χ2v) is 3.38. The maximum absolute atomic E-state index is 11.5. The molecule has 0 N–H and O–H groups in total. The highest BCUT2D eigenvalue weighted by Crippen LogP contribution is 2.14. The average molecular weight is 190 g/mol. The molecule has 1 aromatic rings. The van der Waals surface area contributed by atoms with Gasteiger partial charge in [0.2, 0.25) is 0 Å². The van der Waals surface area contributed by atoms with E-state index in [2.05, 4.69) is 0 Å². The van der Waals surface area contributed by atoms with Crippen LogP contribution in [0.5, 0.6) is 0 Å². The second kappa shape index (κ2) is 4.18. The van der Waals surface area contributed by atoms with Crippen molar-refractivity contribution < 1.29 is 9.59 Å². The van der Waals surface area contributed by atoms with Crippen molar-refractivity contribution in [3.05, 3.63) is 34.9 Å². The second-order valence-electron chi connectivity index (χ2n) is 3.38.